The van der Waals surface area contributed by atoms with Crippen LogP contribution in [-0.4, -0.2) is 101 Å². The molecule has 0 radical (unpaired) electrons. The highest BCUT2D eigenvalue weighted by atomic mass is 16.5. The minimum absolute atomic E-state index is 0.0930. The first kappa shape index (κ1) is 21.6. The van der Waals surface area contributed by atoms with Crippen LogP contribution in [0.2, 0.25) is 0 Å². The molecule has 0 aromatic carbocycles. The Morgan fingerprint density at radius 2 is 1.69 bits per heavy atom. The first-order valence-corrected chi connectivity index (χ1v) is 10.00. The van der Waals surface area contributed by atoms with Crippen LogP contribution < -0.4 is 5.32 Å². The smallest absolute Gasteiger partial charge is 0.234 e. The molecule has 152 valence electrons. The van der Waals surface area contributed by atoms with Crippen LogP contribution in [0.25, 0.3) is 0 Å². The zero-order chi connectivity index (χ0) is 18.7. The van der Waals surface area contributed by atoms with E-state index in [4.69, 9.17) is 14.2 Å². The number of amides is 1. The number of hydrogen-bond donors (Lipinski definition) is 1. The van der Waals surface area contributed by atoms with Gasteiger partial charge in [0, 0.05) is 52.5 Å². The molecule has 1 aliphatic carbocycles. The van der Waals surface area contributed by atoms with Gasteiger partial charge in [-0.2, -0.15) is 0 Å². The van der Waals surface area contributed by atoms with Gasteiger partial charge in [-0.3, -0.25) is 14.6 Å². The summed E-state index contributed by atoms with van der Waals surface area (Å²) in [5.74, 6) is 0.0930. The van der Waals surface area contributed by atoms with E-state index in [1.807, 2.05) is 0 Å². The zero-order valence-corrected chi connectivity index (χ0v) is 16.6. The van der Waals surface area contributed by atoms with Crippen LogP contribution in [0.15, 0.2) is 0 Å². The largest absolute Gasteiger partial charge is 0.383 e. The Bertz CT molecular complexity index is 388. The van der Waals surface area contributed by atoms with Crippen molar-refractivity contribution in [1.82, 2.24) is 15.1 Å². The Morgan fingerprint density at radius 1 is 1.08 bits per heavy atom. The molecule has 1 amide bonds. The summed E-state index contributed by atoms with van der Waals surface area (Å²) >= 11 is 0. The fourth-order valence-corrected chi connectivity index (χ4v) is 4.09. The summed E-state index contributed by atoms with van der Waals surface area (Å²) in [4.78, 5) is 17.2. The topological polar surface area (TPSA) is 63.3 Å². The van der Waals surface area contributed by atoms with Crippen molar-refractivity contribution < 1.29 is 19.0 Å². The van der Waals surface area contributed by atoms with E-state index in [9.17, 15) is 4.79 Å². The van der Waals surface area contributed by atoms with Crippen molar-refractivity contribution >= 4 is 5.91 Å². The summed E-state index contributed by atoms with van der Waals surface area (Å²) in [6.45, 7) is 7.41. The maximum absolute atomic E-state index is 12.6. The highest BCUT2D eigenvalue weighted by molar-refractivity contribution is 5.78. The Balaban J connectivity index is 1.86. The molecule has 1 saturated carbocycles. The number of morpholine rings is 1. The van der Waals surface area contributed by atoms with E-state index in [0.29, 0.717) is 19.8 Å². The van der Waals surface area contributed by atoms with E-state index in [2.05, 4.69) is 15.1 Å². The average molecular weight is 372 g/mol. The van der Waals surface area contributed by atoms with E-state index in [0.717, 1.165) is 45.9 Å². The van der Waals surface area contributed by atoms with Gasteiger partial charge in [-0.15, -0.1) is 0 Å². The molecule has 26 heavy (non-hydrogen) atoms. The van der Waals surface area contributed by atoms with Gasteiger partial charge in [0.2, 0.25) is 5.91 Å². The normalized spacial score (nSPS) is 21.0. The minimum Gasteiger partial charge on any atom is -0.383 e. The summed E-state index contributed by atoms with van der Waals surface area (Å²) in [7, 11) is 3.37. The third-order valence-electron chi connectivity index (χ3n) is 5.67. The molecule has 1 heterocycles. The second-order valence-corrected chi connectivity index (χ2v) is 7.42. The molecule has 1 saturated heterocycles. The monoisotopic (exact) mass is 371 g/mol. The summed E-state index contributed by atoms with van der Waals surface area (Å²) < 4.78 is 15.8. The fourth-order valence-electron chi connectivity index (χ4n) is 4.09. The number of nitrogens with one attached hydrogen (secondary N) is 1. The lowest BCUT2D eigenvalue weighted by atomic mass is 9.79. The number of hydrogen-bond acceptors (Lipinski definition) is 6. The second-order valence-electron chi connectivity index (χ2n) is 7.42. The van der Waals surface area contributed by atoms with Gasteiger partial charge >= 0.3 is 0 Å². The van der Waals surface area contributed by atoms with Crippen molar-refractivity contribution in [3.63, 3.8) is 0 Å². The van der Waals surface area contributed by atoms with Gasteiger partial charge in [0.1, 0.15) is 0 Å². The standard InChI is InChI=1S/C19H37N3O4/c1-24-12-8-21(9-13-25-2)16-18(23)20-17-19(6-4-3-5-7-19)22-10-14-26-15-11-22/h3-17H2,1-2H3,(H,20,23). The third-order valence-corrected chi connectivity index (χ3v) is 5.67. The van der Waals surface area contributed by atoms with E-state index >= 15 is 0 Å². The molecule has 2 rings (SSSR count). The van der Waals surface area contributed by atoms with Crippen LogP contribution in [0.3, 0.4) is 0 Å². The molecule has 7 heteroatoms. The number of ether oxygens (including phenoxy) is 3. The summed E-state index contributed by atoms with van der Waals surface area (Å²) in [6.07, 6.45) is 6.15. The molecule has 0 aromatic heterocycles. The maximum Gasteiger partial charge on any atom is 0.234 e. The van der Waals surface area contributed by atoms with Crippen molar-refractivity contribution in [2.24, 2.45) is 0 Å². The van der Waals surface area contributed by atoms with Crippen LogP contribution >= 0.6 is 0 Å². The van der Waals surface area contributed by atoms with Crippen LogP contribution in [0.5, 0.6) is 0 Å². The lowest BCUT2D eigenvalue weighted by molar-refractivity contribution is -0.123. The Kier molecular flexibility index (Phi) is 9.85. The molecule has 7 nitrogen and oxygen atoms in total. The summed E-state index contributed by atoms with van der Waals surface area (Å²) in [5, 5.41) is 3.23. The number of carbonyl (C=O) groups excluding carboxylic acids is 1. The molecule has 0 bridgehead atoms. The molecule has 1 N–H and O–H groups in total. The zero-order valence-electron chi connectivity index (χ0n) is 16.6. The molecule has 0 spiro atoms. The van der Waals surface area contributed by atoms with Crippen molar-refractivity contribution in [3.8, 4) is 0 Å². The number of methoxy groups -OCH3 is 2. The highest BCUT2D eigenvalue weighted by Crippen LogP contribution is 2.33. The van der Waals surface area contributed by atoms with Crippen LogP contribution in [0.1, 0.15) is 32.1 Å². The van der Waals surface area contributed by atoms with Crippen LogP contribution in [0, 0.1) is 0 Å². The van der Waals surface area contributed by atoms with Gasteiger partial charge in [-0.1, -0.05) is 19.3 Å². The Morgan fingerprint density at radius 3 is 2.27 bits per heavy atom. The van der Waals surface area contributed by atoms with E-state index in [1.165, 1.54) is 32.1 Å². The summed E-state index contributed by atoms with van der Waals surface area (Å²) in [5.41, 5.74) is 0.113. The summed E-state index contributed by atoms with van der Waals surface area (Å²) in [6, 6.07) is 0. The molecule has 2 fully saturated rings. The number of nitrogens with zero attached hydrogens (tertiary/aromatic N) is 2. The molecule has 2 aliphatic rings. The predicted octanol–water partition coefficient (Wildman–Crippen LogP) is 0.733. The van der Waals surface area contributed by atoms with Gasteiger partial charge in [-0.05, 0) is 12.8 Å². The van der Waals surface area contributed by atoms with Gasteiger partial charge in [0.05, 0.1) is 33.0 Å². The fraction of sp³-hybridized carbons (Fsp3) is 0.947. The molecular weight excluding hydrogens is 334 g/mol. The molecule has 1 aliphatic heterocycles. The van der Waals surface area contributed by atoms with Crippen molar-refractivity contribution in [2.75, 3.05) is 79.9 Å². The molecule has 0 aromatic rings. The van der Waals surface area contributed by atoms with Crippen molar-refractivity contribution in [1.29, 1.82) is 0 Å². The Hall–Kier alpha value is -0.730. The van der Waals surface area contributed by atoms with Gasteiger partial charge < -0.3 is 19.5 Å². The molecule has 0 unspecified atom stereocenters. The SMILES string of the molecule is COCCN(CCOC)CC(=O)NCC1(N2CCOCC2)CCCCC1. The third kappa shape index (κ3) is 6.78. The lowest BCUT2D eigenvalue weighted by Gasteiger charge is -2.48. The lowest BCUT2D eigenvalue weighted by Crippen LogP contribution is -2.60. The first-order valence-electron chi connectivity index (χ1n) is 10.00. The van der Waals surface area contributed by atoms with Gasteiger partial charge in [0.15, 0.2) is 0 Å². The first-order chi connectivity index (χ1) is 12.7. The van der Waals surface area contributed by atoms with E-state index in [1.54, 1.807) is 14.2 Å². The average Bonchev–Trinajstić information content (AvgIpc) is 2.70. The van der Waals surface area contributed by atoms with Crippen molar-refractivity contribution in [3.05, 3.63) is 0 Å². The minimum atomic E-state index is 0.0930. The second kappa shape index (κ2) is 11.9. The maximum atomic E-state index is 12.6. The quantitative estimate of drug-likeness (QED) is 0.578. The van der Waals surface area contributed by atoms with Crippen LogP contribution in [-0.2, 0) is 19.0 Å². The van der Waals surface area contributed by atoms with Gasteiger partial charge in [0.25, 0.3) is 0 Å². The van der Waals surface area contributed by atoms with Crippen molar-refractivity contribution in [2.45, 2.75) is 37.6 Å². The molecule has 0 atom stereocenters. The van der Waals surface area contributed by atoms with E-state index in [-0.39, 0.29) is 11.4 Å². The van der Waals surface area contributed by atoms with Gasteiger partial charge in [-0.25, -0.2) is 0 Å². The Labute approximate surface area is 158 Å². The van der Waals surface area contributed by atoms with E-state index < -0.39 is 0 Å². The predicted molar refractivity (Wildman–Crippen MR) is 101 cm³/mol. The highest BCUT2D eigenvalue weighted by Gasteiger charge is 2.38. The number of carbonyl (C=O) groups is 1. The number of rotatable bonds is 11. The van der Waals surface area contributed by atoms with Crippen LogP contribution in [0.4, 0.5) is 0 Å². The molecular formula is C19H37N3O4.